The van der Waals surface area contributed by atoms with E-state index in [0.717, 1.165) is 29.8 Å². The van der Waals surface area contributed by atoms with Gasteiger partial charge in [0.15, 0.2) is 0 Å². The minimum absolute atomic E-state index is 0.812. The smallest absolute Gasteiger partial charge is 0.0110 e. The minimum Gasteiger partial charge on any atom is -0.314 e. The maximum atomic E-state index is 3.95. The largest absolute Gasteiger partial charge is 0.314 e. The Morgan fingerprint density at radius 3 is 2.68 bits per heavy atom. The van der Waals surface area contributed by atoms with E-state index in [1.807, 2.05) is 0 Å². The Bertz CT molecular complexity index is 272. The fourth-order valence-electron chi connectivity index (χ4n) is 4.80. The lowest BCUT2D eigenvalue weighted by Crippen LogP contribution is -2.47. The highest BCUT2D eigenvalue weighted by Gasteiger charge is 2.34. The van der Waals surface area contributed by atoms with Gasteiger partial charge in [-0.2, -0.15) is 0 Å². The molecule has 0 aromatic carbocycles. The predicted molar refractivity (Wildman–Crippen MR) is 81.3 cm³/mol. The topological polar surface area (TPSA) is 24.1 Å². The molecule has 0 radical (unpaired) electrons. The molecular formula is C17H32N2. The lowest BCUT2D eigenvalue weighted by Gasteiger charge is -2.33. The van der Waals surface area contributed by atoms with E-state index >= 15 is 0 Å². The van der Waals surface area contributed by atoms with Crippen LogP contribution in [0.15, 0.2) is 0 Å². The molecule has 0 aromatic rings. The quantitative estimate of drug-likeness (QED) is 0.814. The van der Waals surface area contributed by atoms with Crippen molar-refractivity contribution in [2.24, 2.45) is 17.8 Å². The van der Waals surface area contributed by atoms with Crippen LogP contribution in [0.1, 0.15) is 64.7 Å². The Morgan fingerprint density at radius 1 is 1.00 bits per heavy atom. The van der Waals surface area contributed by atoms with Crippen LogP contribution < -0.4 is 10.6 Å². The fraction of sp³-hybridized carbons (Fsp3) is 1.00. The average Bonchev–Trinajstić information content (AvgIpc) is 3.06. The lowest BCUT2D eigenvalue weighted by atomic mass is 9.88. The molecule has 19 heavy (non-hydrogen) atoms. The predicted octanol–water partition coefficient (Wildman–Crippen LogP) is 3.32. The Morgan fingerprint density at radius 2 is 1.95 bits per heavy atom. The number of hydrogen-bond acceptors (Lipinski definition) is 2. The molecule has 0 bridgehead atoms. The van der Waals surface area contributed by atoms with Crippen molar-refractivity contribution in [3.05, 3.63) is 0 Å². The van der Waals surface area contributed by atoms with E-state index in [1.165, 1.54) is 70.9 Å². The van der Waals surface area contributed by atoms with Crippen LogP contribution in [0.5, 0.6) is 0 Å². The third kappa shape index (κ3) is 3.52. The summed E-state index contributed by atoms with van der Waals surface area (Å²) in [6, 6.07) is 1.63. The summed E-state index contributed by atoms with van der Waals surface area (Å²) >= 11 is 0. The Kier molecular flexibility index (Phi) is 4.81. The van der Waals surface area contributed by atoms with Crippen LogP contribution in [-0.2, 0) is 0 Å². The molecule has 5 atom stereocenters. The van der Waals surface area contributed by atoms with E-state index in [1.54, 1.807) is 0 Å². The summed E-state index contributed by atoms with van der Waals surface area (Å²) in [5.41, 5.74) is 0. The number of hydrogen-bond donors (Lipinski definition) is 2. The molecule has 1 saturated heterocycles. The molecule has 1 heterocycles. The van der Waals surface area contributed by atoms with E-state index < -0.39 is 0 Å². The van der Waals surface area contributed by atoms with E-state index in [4.69, 9.17) is 0 Å². The summed E-state index contributed by atoms with van der Waals surface area (Å²) in [5, 5.41) is 7.74. The standard InChI is InChI=1S/C17H32N2/c1-13-8-9-14(11-13)12-19-17-7-4-5-15(17)16-6-2-3-10-18-16/h13-19H,2-12H2,1H3. The highest BCUT2D eigenvalue weighted by Crippen LogP contribution is 2.33. The van der Waals surface area contributed by atoms with Crippen molar-refractivity contribution in [2.45, 2.75) is 76.8 Å². The van der Waals surface area contributed by atoms with Gasteiger partial charge >= 0.3 is 0 Å². The van der Waals surface area contributed by atoms with Gasteiger partial charge in [0, 0.05) is 12.1 Å². The molecule has 2 N–H and O–H groups in total. The number of rotatable bonds is 4. The fourth-order valence-corrected chi connectivity index (χ4v) is 4.80. The molecule has 110 valence electrons. The lowest BCUT2D eigenvalue weighted by molar-refractivity contribution is 0.251. The van der Waals surface area contributed by atoms with Crippen LogP contribution in [0.3, 0.4) is 0 Å². The van der Waals surface area contributed by atoms with Gasteiger partial charge < -0.3 is 10.6 Å². The summed E-state index contributed by atoms with van der Waals surface area (Å²) < 4.78 is 0. The van der Waals surface area contributed by atoms with Crippen molar-refractivity contribution >= 4 is 0 Å². The maximum absolute atomic E-state index is 3.95. The molecule has 0 spiro atoms. The third-order valence-electron chi connectivity index (χ3n) is 5.91. The van der Waals surface area contributed by atoms with Gasteiger partial charge in [-0.25, -0.2) is 0 Å². The van der Waals surface area contributed by atoms with Crippen LogP contribution in [0.25, 0.3) is 0 Å². The first kappa shape index (κ1) is 13.9. The van der Waals surface area contributed by atoms with Crippen molar-refractivity contribution in [3.8, 4) is 0 Å². The molecule has 0 aromatic heterocycles. The Hall–Kier alpha value is -0.0800. The second-order valence-electron chi connectivity index (χ2n) is 7.45. The first-order valence-electron chi connectivity index (χ1n) is 8.79. The van der Waals surface area contributed by atoms with Crippen molar-refractivity contribution in [1.29, 1.82) is 0 Å². The van der Waals surface area contributed by atoms with E-state index in [0.29, 0.717) is 0 Å². The summed E-state index contributed by atoms with van der Waals surface area (Å²) in [6.45, 7) is 4.97. The van der Waals surface area contributed by atoms with Crippen molar-refractivity contribution in [1.82, 2.24) is 10.6 Å². The van der Waals surface area contributed by atoms with Crippen molar-refractivity contribution in [3.63, 3.8) is 0 Å². The molecule has 3 aliphatic rings. The maximum Gasteiger partial charge on any atom is 0.0110 e. The molecule has 3 fully saturated rings. The van der Waals surface area contributed by atoms with E-state index in [2.05, 4.69) is 17.6 Å². The van der Waals surface area contributed by atoms with Crippen LogP contribution in [0.2, 0.25) is 0 Å². The molecule has 0 amide bonds. The molecule has 5 unspecified atom stereocenters. The van der Waals surface area contributed by atoms with Crippen molar-refractivity contribution < 1.29 is 0 Å². The Balaban J connectivity index is 1.46. The number of piperidine rings is 1. The van der Waals surface area contributed by atoms with Gasteiger partial charge in [-0.1, -0.05) is 26.2 Å². The minimum atomic E-state index is 0.812. The monoisotopic (exact) mass is 264 g/mol. The molecule has 2 saturated carbocycles. The van der Waals surface area contributed by atoms with Crippen LogP contribution >= 0.6 is 0 Å². The van der Waals surface area contributed by atoms with Gasteiger partial charge in [0.2, 0.25) is 0 Å². The zero-order valence-electron chi connectivity index (χ0n) is 12.7. The molecule has 3 rings (SSSR count). The molecule has 2 heteroatoms. The average molecular weight is 264 g/mol. The molecule has 2 aliphatic carbocycles. The molecule has 1 aliphatic heterocycles. The number of nitrogens with one attached hydrogen (secondary N) is 2. The SMILES string of the molecule is CC1CCC(CNC2CCCC2C2CCCCN2)C1. The summed E-state index contributed by atoms with van der Waals surface area (Å²) in [5.74, 6) is 2.86. The summed E-state index contributed by atoms with van der Waals surface area (Å²) in [6.07, 6.45) is 13.0. The van der Waals surface area contributed by atoms with Gasteiger partial charge in [0.1, 0.15) is 0 Å². The zero-order valence-corrected chi connectivity index (χ0v) is 12.7. The van der Waals surface area contributed by atoms with Crippen LogP contribution in [0, 0.1) is 17.8 Å². The Labute approximate surface area is 119 Å². The van der Waals surface area contributed by atoms with Crippen LogP contribution in [-0.4, -0.2) is 25.2 Å². The molecule has 2 nitrogen and oxygen atoms in total. The highest BCUT2D eigenvalue weighted by molar-refractivity contribution is 4.92. The second kappa shape index (κ2) is 6.58. The van der Waals surface area contributed by atoms with E-state index in [-0.39, 0.29) is 0 Å². The van der Waals surface area contributed by atoms with Gasteiger partial charge in [0.05, 0.1) is 0 Å². The van der Waals surface area contributed by atoms with Gasteiger partial charge in [-0.05, 0) is 69.4 Å². The first-order valence-corrected chi connectivity index (χ1v) is 8.79. The van der Waals surface area contributed by atoms with Gasteiger partial charge in [-0.15, -0.1) is 0 Å². The first-order chi connectivity index (χ1) is 9.33. The van der Waals surface area contributed by atoms with Crippen LogP contribution in [0.4, 0.5) is 0 Å². The molecular weight excluding hydrogens is 232 g/mol. The third-order valence-corrected chi connectivity index (χ3v) is 5.91. The summed E-state index contributed by atoms with van der Waals surface area (Å²) in [4.78, 5) is 0. The van der Waals surface area contributed by atoms with Gasteiger partial charge in [-0.3, -0.25) is 0 Å². The van der Waals surface area contributed by atoms with E-state index in [9.17, 15) is 0 Å². The van der Waals surface area contributed by atoms with Crippen molar-refractivity contribution in [2.75, 3.05) is 13.1 Å². The summed E-state index contributed by atoms with van der Waals surface area (Å²) in [7, 11) is 0. The second-order valence-corrected chi connectivity index (χ2v) is 7.45. The highest BCUT2D eigenvalue weighted by atomic mass is 15.0. The zero-order chi connectivity index (χ0) is 13.1. The normalized spacial score (nSPS) is 43.7. The van der Waals surface area contributed by atoms with Gasteiger partial charge in [0.25, 0.3) is 0 Å².